The molecule has 0 spiro atoms. The van der Waals surface area contributed by atoms with Gasteiger partial charge in [-0.05, 0) is 20.2 Å². The van der Waals surface area contributed by atoms with Crippen molar-refractivity contribution in [3.8, 4) is 0 Å². The first kappa shape index (κ1) is 15.8. The van der Waals surface area contributed by atoms with E-state index >= 15 is 0 Å². The van der Waals surface area contributed by atoms with E-state index in [4.69, 9.17) is 4.74 Å². The summed E-state index contributed by atoms with van der Waals surface area (Å²) in [5.74, 6) is -0.240. The number of rotatable bonds is 4. The third-order valence-electron chi connectivity index (χ3n) is 4.62. The van der Waals surface area contributed by atoms with Crippen molar-refractivity contribution in [2.24, 2.45) is 5.41 Å². The third-order valence-corrected chi connectivity index (χ3v) is 4.62. The van der Waals surface area contributed by atoms with Gasteiger partial charge in [0.05, 0.1) is 5.56 Å². The molecule has 1 heterocycles. The van der Waals surface area contributed by atoms with Crippen LogP contribution in [0.15, 0.2) is 54.6 Å². The molecule has 1 aliphatic rings. The van der Waals surface area contributed by atoms with Crippen molar-refractivity contribution in [3.05, 3.63) is 71.3 Å². The zero-order valence-corrected chi connectivity index (χ0v) is 14.2. The van der Waals surface area contributed by atoms with Crippen molar-refractivity contribution in [1.82, 2.24) is 4.90 Å². The number of fused-ring (bicyclic) bond motifs is 1. The smallest absolute Gasteiger partial charge is 0.339 e. The van der Waals surface area contributed by atoms with E-state index in [0.29, 0.717) is 5.56 Å². The lowest BCUT2D eigenvalue weighted by molar-refractivity contribution is -0.0594. The molecule has 0 fully saturated rings. The molecule has 0 aromatic heterocycles. The molecule has 0 saturated carbocycles. The van der Waals surface area contributed by atoms with E-state index in [1.807, 2.05) is 68.7 Å². The predicted octanol–water partition coefficient (Wildman–Crippen LogP) is 3.69. The summed E-state index contributed by atoms with van der Waals surface area (Å²) in [6, 6.07) is 17.8. The molecule has 2 aromatic carbocycles. The summed E-state index contributed by atoms with van der Waals surface area (Å²) in [4.78, 5) is 14.7. The monoisotopic (exact) mass is 309 g/mol. The lowest BCUT2D eigenvalue weighted by Gasteiger charge is -2.45. The molecule has 0 radical (unpaired) electrons. The number of ether oxygens (including phenoxy) is 1. The van der Waals surface area contributed by atoms with E-state index in [-0.39, 0.29) is 11.4 Å². The van der Waals surface area contributed by atoms with Crippen LogP contribution < -0.4 is 0 Å². The molecular weight excluding hydrogens is 286 g/mol. The van der Waals surface area contributed by atoms with Gasteiger partial charge >= 0.3 is 5.97 Å². The molecule has 1 aliphatic heterocycles. The Kier molecular flexibility index (Phi) is 3.77. The molecule has 3 heteroatoms. The summed E-state index contributed by atoms with van der Waals surface area (Å²) in [6.07, 6.45) is 0. The molecule has 1 unspecified atom stereocenters. The number of hydrogen-bond donors (Lipinski definition) is 0. The highest BCUT2D eigenvalue weighted by Crippen LogP contribution is 2.53. The van der Waals surface area contributed by atoms with Crippen LogP contribution in [0.25, 0.3) is 0 Å². The molecule has 3 rings (SSSR count). The largest absolute Gasteiger partial charge is 0.445 e. The minimum atomic E-state index is -0.772. The molecule has 23 heavy (non-hydrogen) atoms. The number of cyclic esters (lactones) is 1. The number of carbonyl (C=O) groups is 1. The van der Waals surface area contributed by atoms with Crippen LogP contribution in [0.4, 0.5) is 0 Å². The van der Waals surface area contributed by atoms with Crippen molar-refractivity contribution >= 4 is 5.97 Å². The lowest BCUT2D eigenvalue weighted by atomic mass is 9.66. The van der Waals surface area contributed by atoms with Crippen LogP contribution in [-0.2, 0) is 10.3 Å². The average molecular weight is 309 g/mol. The molecular formula is C20H23NO2. The fourth-order valence-electron chi connectivity index (χ4n) is 3.90. The van der Waals surface area contributed by atoms with Crippen molar-refractivity contribution < 1.29 is 9.53 Å². The first-order valence-corrected chi connectivity index (χ1v) is 7.91. The van der Waals surface area contributed by atoms with Crippen molar-refractivity contribution in [2.45, 2.75) is 19.4 Å². The number of nitrogens with zero attached hydrogens (tertiary/aromatic N) is 1. The van der Waals surface area contributed by atoms with E-state index in [1.54, 1.807) is 0 Å². The van der Waals surface area contributed by atoms with E-state index in [2.05, 4.69) is 18.7 Å². The van der Waals surface area contributed by atoms with Crippen molar-refractivity contribution in [2.75, 3.05) is 20.6 Å². The summed E-state index contributed by atoms with van der Waals surface area (Å²) in [5, 5.41) is 0. The Hall–Kier alpha value is -2.13. The summed E-state index contributed by atoms with van der Waals surface area (Å²) in [7, 11) is 4.09. The molecule has 0 amide bonds. The Bertz CT molecular complexity index is 721. The van der Waals surface area contributed by atoms with Crippen LogP contribution in [0.5, 0.6) is 0 Å². The topological polar surface area (TPSA) is 29.5 Å². The average Bonchev–Trinajstić information content (AvgIpc) is 2.82. The van der Waals surface area contributed by atoms with E-state index < -0.39 is 5.60 Å². The standard InChI is InChI=1S/C20H23NO2/c1-19(2,14-21(3)4)20(15-10-6-5-7-11-15)17-13-9-8-12-16(17)18(22)23-20/h5-13H,14H2,1-4H3. The van der Waals surface area contributed by atoms with Gasteiger partial charge in [-0.3, -0.25) is 0 Å². The highest BCUT2D eigenvalue weighted by molar-refractivity contribution is 5.95. The van der Waals surface area contributed by atoms with Crippen LogP contribution in [0, 0.1) is 5.41 Å². The summed E-state index contributed by atoms with van der Waals surface area (Å²) in [6.45, 7) is 5.12. The number of esters is 1. The zero-order chi connectivity index (χ0) is 16.7. The highest BCUT2D eigenvalue weighted by atomic mass is 16.6. The number of benzene rings is 2. The highest BCUT2D eigenvalue weighted by Gasteiger charge is 2.56. The van der Waals surface area contributed by atoms with Crippen LogP contribution in [0.1, 0.15) is 35.3 Å². The van der Waals surface area contributed by atoms with Gasteiger partial charge in [0.1, 0.15) is 0 Å². The van der Waals surface area contributed by atoms with Gasteiger partial charge < -0.3 is 9.64 Å². The van der Waals surface area contributed by atoms with Crippen LogP contribution in [0.3, 0.4) is 0 Å². The zero-order valence-electron chi connectivity index (χ0n) is 14.2. The van der Waals surface area contributed by atoms with E-state index in [0.717, 1.165) is 17.7 Å². The van der Waals surface area contributed by atoms with Crippen LogP contribution >= 0.6 is 0 Å². The second kappa shape index (κ2) is 5.50. The molecule has 0 aliphatic carbocycles. The molecule has 120 valence electrons. The summed E-state index contributed by atoms with van der Waals surface area (Å²) < 4.78 is 6.11. The minimum absolute atomic E-state index is 0.240. The van der Waals surface area contributed by atoms with Gasteiger partial charge in [0.25, 0.3) is 0 Å². The lowest BCUT2D eigenvalue weighted by Crippen LogP contribution is -2.48. The Balaban J connectivity index is 2.28. The quantitative estimate of drug-likeness (QED) is 0.807. The van der Waals surface area contributed by atoms with Gasteiger partial charge in [-0.2, -0.15) is 0 Å². The summed E-state index contributed by atoms with van der Waals surface area (Å²) in [5.41, 5.74) is 1.59. The van der Waals surface area contributed by atoms with Gasteiger partial charge in [0.2, 0.25) is 0 Å². The molecule has 0 bridgehead atoms. The second-order valence-corrected chi connectivity index (χ2v) is 7.10. The maximum atomic E-state index is 12.6. The maximum absolute atomic E-state index is 12.6. The summed E-state index contributed by atoms with van der Waals surface area (Å²) >= 11 is 0. The Morgan fingerprint density at radius 2 is 1.61 bits per heavy atom. The number of carbonyl (C=O) groups excluding carboxylic acids is 1. The van der Waals surface area contributed by atoms with E-state index in [1.165, 1.54) is 0 Å². The van der Waals surface area contributed by atoms with Crippen LogP contribution in [-0.4, -0.2) is 31.5 Å². The number of hydrogen-bond acceptors (Lipinski definition) is 3. The molecule has 0 N–H and O–H groups in total. The van der Waals surface area contributed by atoms with Gasteiger partial charge in [-0.1, -0.05) is 62.4 Å². The molecule has 3 nitrogen and oxygen atoms in total. The minimum Gasteiger partial charge on any atom is -0.445 e. The predicted molar refractivity (Wildman–Crippen MR) is 91.4 cm³/mol. The Morgan fingerprint density at radius 3 is 2.26 bits per heavy atom. The first-order chi connectivity index (χ1) is 10.9. The van der Waals surface area contributed by atoms with Crippen LogP contribution in [0.2, 0.25) is 0 Å². The Morgan fingerprint density at radius 1 is 1.00 bits per heavy atom. The molecule has 1 atom stereocenters. The second-order valence-electron chi connectivity index (χ2n) is 7.10. The van der Waals surface area contributed by atoms with Gasteiger partial charge in [0, 0.05) is 23.1 Å². The SMILES string of the molecule is CN(C)CC(C)(C)C1(c2ccccc2)OC(=O)c2ccccc21. The van der Waals surface area contributed by atoms with Gasteiger partial charge in [-0.15, -0.1) is 0 Å². The third kappa shape index (κ3) is 2.36. The normalized spacial score (nSPS) is 20.5. The van der Waals surface area contributed by atoms with Crippen molar-refractivity contribution in [3.63, 3.8) is 0 Å². The maximum Gasteiger partial charge on any atom is 0.339 e. The fourth-order valence-corrected chi connectivity index (χ4v) is 3.90. The van der Waals surface area contributed by atoms with Gasteiger partial charge in [0.15, 0.2) is 5.60 Å². The first-order valence-electron chi connectivity index (χ1n) is 7.91. The Labute approximate surface area is 137 Å². The fraction of sp³-hybridized carbons (Fsp3) is 0.350. The van der Waals surface area contributed by atoms with Gasteiger partial charge in [-0.25, -0.2) is 4.79 Å². The molecule has 2 aromatic rings. The van der Waals surface area contributed by atoms with E-state index in [9.17, 15) is 4.79 Å². The van der Waals surface area contributed by atoms with Crippen molar-refractivity contribution in [1.29, 1.82) is 0 Å². The molecule has 0 saturated heterocycles.